The highest BCUT2D eigenvalue weighted by molar-refractivity contribution is 6.09. The van der Waals surface area contributed by atoms with Crippen LogP contribution in [-0.4, -0.2) is 33.1 Å². The molecule has 3 heterocycles. The van der Waals surface area contributed by atoms with Crippen molar-refractivity contribution in [1.29, 1.82) is 0 Å². The van der Waals surface area contributed by atoms with Crippen LogP contribution in [0.3, 0.4) is 0 Å². The van der Waals surface area contributed by atoms with Gasteiger partial charge in [-0.3, -0.25) is 4.79 Å². The predicted octanol–water partition coefficient (Wildman–Crippen LogP) is 3.78. The Morgan fingerprint density at radius 2 is 1.82 bits per heavy atom. The van der Waals surface area contributed by atoms with E-state index in [-0.39, 0.29) is 36.2 Å². The van der Waals surface area contributed by atoms with Crippen LogP contribution in [0.15, 0.2) is 53.3 Å². The lowest BCUT2D eigenvalue weighted by Crippen LogP contribution is -2.14. The predicted molar refractivity (Wildman–Crippen MR) is 122 cm³/mol. The van der Waals surface area contributed by atoms with E-state index in [2.05, 4.69) is 25.4 Å². The molecule has 0 saturated heterocycles. The first-order chi connectivity index (χ1) is 15.5. The molecule has 3 N–H and O–H groups in total. The SMILES string of the molecule is COc1nc(-c2cnc(CN)nc2)ccc1NC(=O)c1c(-c2ccc(F)cc2)noc1C.Cl. The van der Waals surface area contributed by atoms with Gasteiger partial charge in [0.1, 0.15) is 34.3 Å². The molecule has 0 saturated carbocycles. The van der Waals surface area contributed by atoms with Crippen LogP contribution < -0.4 is 15.8 Å². The number of nitrogens with one attached hydrogen (secondary N) is 1. The minimum atomic E-state index is -0.466. The highest BCUT2D eigenvalue weighted by atomic mass is 35.5. The van der Waals surface area contributed by atoms with Gasteiger partial charge in [-0.25, -0.2) is 19.3 Å². The number of anilines is 1. The van der Waals surface area contributed by atoms with Crippen molar-refractivity contribution in [3.05, 3.63) is 71.8 Å². The Bertz CT molecular complexity index is 1260. The number of nitrogens with two attached hydrogens (primary N) is 1. The van der Waals surface area contributed by atoms with Gasteiger partial charge in [0.15, 0.2) is 0 Å². The minimum absolute atomic E-state index is 0. The fourth-order valence-electron chi connectivity index (χ4n) is 3.07. The zero-order valence-corrected chi connectivity index (χ0v) is 18.5. The molecular formula is C22H20ClFN6O3. The molecule has 0 unspecified atom stereocenters. The minimum Gasteiger partial charge on any atom is -0.479 e. The maximum atomic E-state index is 13.3. The van der Waals surface area contributed by atoms with E-state index in [9.17, 15) is 9.18 Å². The Balaban J connectivity index is 0.00000306. The van der Waals surface area contributed by atoms with E-state index in [0.29, 0.717) is 39.8 Å². The van der Waals surface area contributed by atoms with E-state index in [4.69, 9.17) is 15.0 Å². The summed E-state index contributed by atoms with van der Waals surface area (Å²) in [6.07, 6.45) is 3.23. The first kappa shape index (κ1) is 23.8. The number of aromatic nitrogens is 4. The normalized spacial score (nSPS) is 10.4. The lowest BCUT2D eigenvalue weighted by molar-refractivity contribution is 0.102. The van der Waals surface area contributed by atoms with Crippen LogP contribution in [0.1, 0.15) is 21.9 Å². The number of halogens is 2. The molecule has 3 aromatic heterocycles. The van der Waals surface area contributed by atoms with Crippen molar-refractivity contribution in [1.82, 2.24) is 20.1 Å². The largest absolute Gasteiger partial charge is 0.479 e. The molecule has 33 heavy (non-hydrogen) atoms. The van der Waals surface area contributed by atoms with Gasteiger partial charge in [-0.2, -0.15) is 0 Å². The number of pyridine rings is 1. The van der Waals surface area contributed by atoms with Gasteiger partial charge in [-0.05, 0) is 43.3 Å². The molecule has 9 nitrogen and oxygen atoms in total. The average Bonchev–Trinajstić information content (AvgIpc) is 3.21. The van der Waals surface area contributed by atoms with Crippen LogP contribution in [-0.2, 0) is 6.54 Å². The third kappa shape index (κ3) is 4.97. The lowest BCUT2D eigenvalue weighted by atomic mass is 10.1. The quantitative estimate of drug-likeness (QED) is 0.435. The van der Waals surface area contributed by atoms with Crippen molar-refractivity contribution in [2.75, 3.05) is 12.4 Å². The summed E-state index contributed by atoms with van der Waals surface area (Å²) in [4.78, 5) is 25.8. The fourth-order valence-corrected chi connectivity index (χ4v) is 3.07. The molecule has 1 aromatic carbocycles. The Morgan fingerprint density at radius 3 is 2.45 bits per heavy atom. The van der Waals surface area contributed by atoms with Crippen LogP contribution in [0, 0.1) is 12.7 Å². The third-order valence-corrected chi connectivity index (χ3v) is 4.69. The summed E-state index contributed by atoms with van der Waals surface area (Å²) in [6.45, 7) is 1.86. The van der Waals surface area contributed by atoms with Gasteiger partial charge in [0.25, 0.3) is 5.91 Å². The van der Waals surface area contributed by atoms with Gasteiger partial charge in [-0.15, -0.1) is 12.4 Å². The van der Waals surface area contributed by atoms with Crippen LogP contribution in [0.5, 0.6) is 5.88 Å². The number of rotatable bonds is 6. The van der Waals surface area contributed by atoms with Gasteiger partial charge in [-0.1, -0.05) is 5.16 Å². The van der Waals surface area contributed by atoms with Crippen LogP contribution in [0.25, 0.3) is 22.5 Å². The molecule has 0 spiro atoms. The topological polar surface area (TPSA) is 129 Å². The fraction of sp³-hybridized carbons (Fsp3) is 0.136. The first-order valence-corrected chi connectivity index (χ1v) is 9.60. The summed E-state index contributed by atoms with van der Waals surface area (Å²) >= 11 is 0. The molecule has 1 amide bonds. The van der Waals surface area contributed by atoms with Crippen molar-refractivity contribution < 1.29 is 18.4 Å². The number of hydrogen-bond acceptors (Lipinski definition) is 8. The molecule has 0 atom stereocenters. The van der Waals surface area contributed by atoms with E-state index in [1.807, 2.05) is 0 Å². The van der Waals surface area contributed by atoms with Gasteiger partial charge >= 0.3 is 0 Å². The molecule has 0 aliphatic rings. The summed E-state index contributed by atoms with van der Waals surface area (Å²) in [6, 6.07) is 9.00. The van der Waals surface area contributed by atoms with E-state index >= 15 is 0 Å². The number of nitrogens with zero attached hydrogens (tertiary/aromatic N) is 4. The zero-order chi connectivity index (χ0) is 22.7. The van der Waals surface area contributed by atoms with Crippen molar-refractivity contribution in [2.45, 2.75) is 13.5 Å². The van der Waals surface area contributed by atoms with Crippen molar-refractivity contribution in [2.24, 2.45) is 5.73 Å². The summed E-state index contributed by atoms with van der Waals surface area (Å²) in [5.74, 6) is 0.190. The van der Waals surface area contributed by atoms with Crippen molar-refractivity contribution in [3.63, 3.8) is 0 Å². The zero-order valence-electron chi connectivity index (χ0n) is 17.7. The van der Waals surface area contributed by atoms with Crippen LogP contribution in [0.2, 0.25) is 0 Å². The number of amides is 1. The Kier molecular flexibility index (Phi) is 7.31. The molecule has 11 heteroatoms. The van der Waals surface area contributed by atoms with Gasteiger partial charge in [0.05, 0.1) is 19.3 Å². The summed E-state index contributed by atoms with van der Waals surface area (Å²) in [7, 11) is 1.45. The maximum Gasteiger partial charge on any atom is 0.261 e. The molecule has 0 radical (unpaired) electrons. The third-order valence-electron chi connectivity index (χ3n) is 4.69. The lowest BCUT2D eigenvalue weighted by Gasteiger charge is -2.11. The van der Waals surface area contributed by atoms with Crippen LogP contribution in [0.4, 0.5) is 10.1 Å². The molecule has 0 bridgehead atoms. The van der Waals surface area contributed by atoms with E-state index in [1.165, 1.54) is 31.4 Å². The number of carbonyl (C=O) groups excluding carboxylic acids is 1. The number of methoxy groups -OCH3 is 1. The van der Waals surface area contributed by atoms with E-state index in [0.717, 1.165) is 0 Å². The number of aryl methyl sites for hydroxylation is 1. The Labute approximate surface area is 194 Å². The van der Waals surface area contributed by atoms with E-state index in [1.54, 1.807) is 31.5 Å². The molecule has 0 aliphatic heterocycles. The number of benzene rings is 1. The Morgan fingerprint density at radius 1 is 1.12 bits per heavy atom. The Hall–Kier alpha value is -3.89. The average molecular weight is 471 g/mol. The van der Waals surface area contributed by atoms with Crippen LogP contribution >= 0.6 is 12.4 Å². The number of carbonyl (C=O) groups is 1. The molecule has 0 aliphatic carbocycles. The second kappa shape index (κ2) is 10.2. The number of hydrogen-bond donors (Lipinski definition) is 2. The smallest absolute Gasteiger partial charge is 0.261 e. The molecule has 4 aromatic rings. The monoisotopic (exact) mass is 470 g/mol. The van der Waals surface area contributed by atoms with Gasteiger partial charge < -0.3 is 20.3 Å². The molecule has 170 valence electrons. The first-order valence-electron chi connectivity index (χ1n) is 9.60. The summed E-state index contributed by atoms with van der Waals surface area (Å²) in [5.41, 5.74) is 8.21. The maximum absolute atomic E-state index is 13.3. The van der Waals surface area contributed by atoms with Crippen molar-refractivity contribution >= 4 is 24.0 Å². The molecule has 0 fully saturated rings. The van der Waals surface area contributed by atoms with Gasteiger partial charge in [0.2, 0.25) is 5.88 Å². The number of ether oxygens (including phenoxy) is 1. The summed E-state index contributed by atoms with van der Waals surface area (Å²) in [5, 5.41) is 6.74. The van der Waals surface area contributed by atoms with E-state index < -0.39 is 5.91 Å². The summed E-state index contributed by atoms with van der Waals surface area (Å²) < 4.78 is 23.9. The highest BCUT2D eigenvalue weighted by Gasteiger charge is 2.23. The standard InChI is InChI=1S/C22H19FN6O3.ClH/c1-12-19(20(29-32-12)13-3-5-15(23)6-4-13)21(30)27-17-8-7-16(28-22(17)31-2)14-10-25-18(9-24)26-11-14;/h3-8,10-11H,9,24H2,1-2H3,(H,27,30);1H. The second-order valence-corrected chi connectivity index (χ2v) is 6.77. The van der Waals surface area contributed by atoms with Gasteiger partial charge in [0, 0.05) is 23.5 Å². The van der Waals surface area contributed by atoms with Crippen molar-refractivity contribution in [3.8, 4) is 28.4 Å². The molecular weight excluding hydrogens is 451 g/mol. The molecule has 4 rings (SSSR count). The second-order valence-electron chi connectivity index (χ2n) is 6.77. The highest BCUT2D eigenvalue weighted by Crippen LogP contribution is 2.30.